The molecule has 0 aromatic carbocycles. The van der Waals surface area contributed by atoms with Gasteiger partial charge in [0, 0.05) is 7.05 Å². The van der Waals surface area contributed by atoms with Crippen LogP contribution in [0, 0.1) is 6.92 Å². The van der Waals surface area contributed by atoms with Gasteiger partial charge in [0.25, 0.3) is 0 Å². The van der Waals surface area contributed by atoms with E-state index in [9.17, 15) is 0 Å². The average molecular weight is 167 g/mol. The highest BCUT2D eigenvalue weighted by Crippen LogP contribution is 2.13. The molecule has 1 heterocycles. The summed E-state index contributed by atoms with van der Waals surface area (Å²) in [6, 6.07) is 0. The maximum Gasteiger partial charge on any atom is 0.132 e. The minimum Gasteiger partial charge on any atom is -0.383 e. The van der Waals surface area contributed by atoms with Gasteiger partial charge in [0.1, 0.15) is 18.0 Å². The van der Waals surface area contributed by atoms with Crippen molar-refractivity contribution >= 4 is 11.6 Å². The van der Waals surface area contributed by atoms with E-state index in [2.05, 4.69) is 11.6 Å². The van der Waals surface area contributed by atoms with E-state index >= 15 is 0 Å². The van der Waals surface area contributed by atoms with Gasteiger partial charge in [-0.15, -0.1) is 0 Å². The second-order valence-electron chi connectivity index (χ2n) is 2.61. The van der Waals surface area contributed by atoms with Crippen LogP contribution in [0.2, 0.25) is 0 Å². The van der Waals surface area contributed by atoms with Crippen molar-refractivity contribution in [2.24, 2.45) is 5.84 Å². The van der Waals surface area contributed by atoms with Crippen LogP contribution in [0.5, 0.6) is 0 Å². The van der Waals surface area contributed by atoms with Gasteiger partial charge in [0.2, 0.25) is 0 Å². The number of hydrogen-bond donors (Lipinski definition) is 2. The van der Waals surface area contributed by atoms with Crippen molar-refractivity contribution in [2.75, 3.05) is 12.8 Å². The first-order chi connectivity index (χ1) is 5.54. The molecule has 0 bridgehead atoms. The van der Waals surface area contributed by atoms with E-state index in [0.29, 0.717) is 11.6 Å². The number of rotatable bonds is 2. The molecule has 0 radical (unpaired) electrons. The molecule has 0 saturated heterocycles. The fourth-order valence-corrected chi connectivity index (χ4v) is 0.823. The predicted molar refractivity (Wildman–Crippen MR) is 48.7 cm³/mol. The van der Waals surface area contributed by atoms with E-state index in [-0.39, 0.29) is 0 Å². The number of aryl methyl sites for hydroxylation is 1. The number of aromatic nitrogens is 2. The summed E-state index contributed by atoms with van der Waals surface area (Å²) in [4.78, 5) is 4.01. The summed E-state index contributed by atoms with van der Waals surface area (Å²) >= 11 is 0. The molecule has 1 aromatic heterocycles. The van der Waals surface area contributed by atoms with Crippen molar-refractivity contribution in [3.8, 4) is 0 Å². The van der Waals surface area contributed by atoms with E-state index in [1.165, 1.54) is 5.01 Å². The third kappa shape index (κ3) is 1.26. The van der Waals surface area contributed by atoms with Gasteiger partial charge in [0.05, 0.1) is 5.69 Å². The quantitative estimate of drug-likeness (QED) is 0.480. The largest absolute Gasteiger partial charge is 0.383 e. The van der Waals surface area contributed by atoms with E-state index in [1.54, 1.807) is 17.9 Å². The molecule has 66 valence electrons. The van der Waals surface area contributed by atoms with Crippen LogP contribution in [-0.2, 0) is 0 Å². The van der Waals surface area contributed by atoms with Crippen LogP contribution in [0.4, 0.5) is 5.82 Å². The van der Waals surface area contributed by atoms with Crippen LogP contribution in [0.3, 0.4) is 0 Å². The van der Waals surface area contributed by atoms with Gasteiger partial charge in [-0.25, -0.2) is 10.8 Å². The number of nitrogens with two attached hydrogens (primary N) is 2. The molecule has 12 heavy (non-hydrogen) atoms. The summed E-state index contributed by atoms with van der Waals surface area (Å²) in [6.45, 7) is 5.57. The third-order valence-electron chi connectivity index (χ3n) is 1.68. The lowest BCUT2D eigenvalue weighted by Gasteiger charge is -2.16. The van der Waals surface area contributed by atoms with Crippen molar-refractivity contribution in [3.63, 3.8) is 0 Å². The molecule has 0 unspecified atom stereocenters. The van der Waals surface area contributed by atoms with Gasteiger partial charge in [-0.05, 0) is 6.92 Å². The second-order valence-corrected chi connectivity index (χ2v) is 2.61. The van der Waals surface area contributed by atoms with Crippen molar-refractivity contribution in [1.29, 1.82) is 0 Å². The Morgan fingerprint density at radius 1 is 1.75 bits per heavy atom. The number of nitrogens with zero attached hydrogens (tertiary/aromatic N) is 3. The third-order valence-corrected chi connectivity index (χ3v) is 1.68. The Bertz CT molecular complexity index is 299. The van der Waals surface area contributed by atoms with E-state index < -0.39 is 0 Å². The lowest BCUT2D eigenvalue weighted by molar-refractivity contribution is 0.485. The fraction of sp³-hybridized carbons (Fsp3) is 0.286. The van der Waals surface area contributed by atoms with Gasteiger partial charge in [-0.1, -0.05) is 6.58 Å². The molecule has 0 fully saturated rings. The zero-order valence-corrected chi connectivity index (χ0v) is 7.28. The summed E-state index contributed by atoms with van der Waals surface area (Å²) in [5, 5.41) is 1.39. The maximum atomic E-state index is 5.70. The van der Waals surface area contributed by atoms with Crippen LogP contribution in [-0.4, -0.2) is 21.6 Å². The molecule has 0 atom stereocenters. The molecule has 1 aromatic rings. The second kappa shape index (κ2) is 2.86. The molecule has 5 nitrogen and oxygen atoms in total. The van der Waals surface area contributed by atoms with E-state index in [0.717, 1.165) is 5.69 Å². The van der Waals surface area contributed by atoms with Crippen molar-refractivity contribution in [1.82, 2.24) is 14.6 Å². The number of imidazole rings is 1. The Hall–Kier alpha value is -1.49. The minimum atomic E-state index is 0.567. The van der Waals surface area contributed by atoms with Gasteiger partial charge in [0.15, 0.2) is 0 Å². The Labute approximate surface area is 71.3 Å². The molecule has 0 aliphatic heterocycles. The molecule has 1 rings (SSSR count). The standard InChI is InChI=1S/C7H13N5/c1-5-7(8)12(4-10-5)6(2)11(3)9/h4H,2,8-9H2,1,3H3. The van der Waals surface area contributed by atoms with E-state index in [1.807, 2.05) is 6.92 Å². The molecule has 4 N–H and O–H groups in total. The van der Waals surface area contributed by atoms with Crippen LogP contribution in [0.25, 0.3) is 5.82 Å². The predicted octanol–water partition coefficient (Wildman–Crippen LogP) is 0.00742. The maximum absolute atomic E-state index is 5.70. The van der Waals surface area contributed by atoms with Gasteiger partial charge in [-0.3, -0.25) is 9.58 Å². The van der Waals surface area contributed by atoms with Crippen LogP contribution in [0.1, 0.15) is 5.69 Å². The van der Waals surface area contributed by atoms with E-state index in [4.69, 9.17) is 11.6 Å². The number of hydrazine groups is 1. The molecule has 0 aliphatic carbocycles. The Balaban J connectivity index is 3.04. The van der Waals surface area contributed by atoms with Crippen molar-refractivity contribution in [3.05, 3.63) is 18.6 Å². The molecule has 0 aliphatic rings. The smallest absolute Gasteiger partial charge is 0.132 e. The fourth-order valence-electron chi connectivity index (χ4n) is 0.823. The van der Waals surface area contributed by atoms with Crippen molar-refractivity contribution < 1.29 is 0 Å². The SMILES string of the molecule is C=C(N(C)N)n1cnc(C)c1N. The van der Waals surface area contributed by atoms with Gasteiger partial charge >= 0.3 is 0 Å². The minimum absolute atomic E-state index is 0.567. The topological polar surface area (TPSA) is 73.1 Å². The average Bonchev–Trinajstić information content (AvgIpc) is 2.32. The van der Waals surface area contributed by atoms with Crippen LogP contribution >= 0.6 is 0 Å². The first kappa shape index (κ1) is 8.61. The molecule has 5 heteroatoms. The molecular formula is C7H13N5. The molecule has 0 spiro atoms. The van der Waals surface area contributed by atoms with Crippen LogP contribution in [0.15, 0.2) is 12.9 Å². The highest BCUT2D eigenvalue weighted by molar-refractivity contribution is 5.50. The number of nitrogen functional groups attached to an aromatic ring is 1. The first-order valence-electron chi connectivity index (χ1n) is 3.51. The molecule has 0 amide bonds. The lowest BCUT2D eigenvalue weighted by Crippen LogP contribution is -2.26. The Morgan fingerprint density at radius 2 is 2.33 bits per heavy atom. The highest BCUT2D eigenvalue weighted by atomic mass is 15.5. The van der Waals surface area contributed by atoms with Crippen LogP contribution < -0.4 is 11.6 Å². The number of anilines is 1. The molecule has 0 saturated carbocycles. The zero-order valence-electron chi connectivity index (χ0n) is 7.28. The van der Waals surface area contributed by atoms with Crippen molar-refractivity contribution in [2.45, 2.75) is 6.92 Å². The normalized spacial score (nSPS) is 9.92. The first-order valence-corrected chi connectivity index (χ1v) is 3.51. The molecular weight excluding hydrogens is 154 g/mol. The lowest BCUT2D eigenvalue weighted by atomic mass is 10.5. The zero-order chi connectivity index (χ0) is 9.30. The summed E-state index contributed by atoms with van der Waals surface area (Å²) in [5.41, 5.74) is 6.47. The number of hydrogen-bond acceptors (Lipinski definition) is 4. The highest BCUT2D eigenvalue weighted by Gasteiger charge is 2.06. The summed E-state index contributed by atoms with van der Waals surface area (Å²) < 4.78 is 1.63. The van der Waals surface area contributed by atoms with Gasteiger partial charge < -0.3 is 5.73 Å². The summed E-state index contributed by atoms with van der Waals surface area (Å²) in [6.07, 6.45) is 1.59. The summed E-state index contributed by atoms with van der Waals surface area (Å²) in [7, 11) is 1.69. The monoisotopic (exact) mass is 167 g/mol. The summed E-state index contributed by atoms with van der Waals surface area (Å²) in [5.74, 6) is 6.63. The van der Waals surface area contributed by atoms with Gasteiger partial charge in [-0.2, -0.15) is 0 Å². The Morgan fingerprint density at radius 3 is 2.67 bits per heavy atom. The Kier molecular flexibility index (Phi) is 2.05.